The fraction of sp³-hybridized carbons (Fsp3) is 0.500. The first kappa shape index (κ1) is 19.3. The van der Waals surface area contributed by atoms with Gasteiger partial charge >= 0.3 is 5.97 Å². The molecule has 9 heteroatoms. The van der Waals surface area contributed by atoms with Gasteiger partial charge in [0.05, 0.1) is 22.9 Å². The normalized spacial score (nSPS) is 23.9. The van der Waals surface area contributed by atoms with Gasteiger partial charge in [0, 0.05) is 18.9 Å². The number of rotatable bonds is 4. The second-order valence-corrected chi connectivity index (χ2v) is 9.24. The summed E-state index contributed by atoms with van der Waals surface area (Å²) < 4.78 is 28.0. The van der Waals surface area contributed by atoms with Crippen molar-refractivity contribution in [1.82, 2.24) is 0 Å². The van der Waals surface area contributed by atoms with Crippen LogP contribution in [0.2, 0.25) is 0 Å². The van der Waals surface area contributed by atoms with E-state index >= 15 is 0 Å². The molecule has 0 radical (unpaired) electrons. The summed E-state index contributed by atoms with van der Waals surface area (Å²) in [6.45, 7) is 1.30. The van der Waals surface area contributed by atoms with Crippen LogP contribution in [-0.4, -0.2) is 50.4 Å². The maximum Gasteiger partial charge on any atom is 0.306 e. The summed E-state index contributed by atoms with van der Waals surface area (Å²) >= 11 is 0. The van der Waals surface area contributed by atoms with E-state index in [1.54, 1.807) is 31.2 Å². The first-order chi connectivity index (χ1) is 12.7. The Morgan fingerprint density at radius 2 is 2.04 bits per heavy atom. The molecule has 1 fully saturated rings. The number of para-hydroxylation sites is 2. The zero-order chi connectivity index (χ0) is 19.6. The number of benzene rings is 1. The molecule has 27 heavy (non-hydrogen) atoms. The smallest absolute Gasteiger partial charge is 0.306 e. The molecule has 2 heterocycles. The maximum absolute atomic E-state index is 12.7. The Morgan fingerprint density at radius 1 is 1.30 bits per heavy atom. The predicted octanol–water partition coefficient (Wildman–Crippen LogP) is 1.12. The number of nitrogens with one attached hydrogen (secondary N) is 1. The molecule has 2 atom stereocenters. The van der Waals surface area contributed by atoms with E-state index in [1.807, 2.05) is 0 Å². The topological polar surface area (TPSA) is 110 Å². The Morgan fingerprint density at radius 3 is 2.74 bits per heavy atom. The minimum Gasteiger partial charge on any atom is -0.456 e. The Kier molecular flexibility index (Phi) is 5.50. The van der Waals surface area contributed by atoms with Crippen molar-refractivity contribution in [3.63, 3.8) is 0 Å². The molecule has 1 saturated heterocycles. The van der Waals surface area contributed by atoms with Gasteiger partial charge in [-0.25, -0.2) is 8.42 Å². The maximum atomic E-state index is 12.7. The Labute approximate surface area is 157 Å². The summed E-state index contributed by atoms with van der Waals surface area (Å²) in [4.78, 5) is 38.1. The zero-order valence-electron chi connectivity index (χ0n) is 15.0. The van der Waals surface area contributed by atoms with Gasteiger partial charge in [0.15, 0.2) is 16.4 Å². The molecule has 0 bridgehead atoms. The molecule has 0 spiro atoms. The van der Waals surface area contributed by atoms with Gasteiger partial charge in [-0.3, -0.25) is 14.4 Å². The number of ether oxygens (including phenoxy) is 1. The van der Waals surface area contributed by atoms with Crippen molar-refractivity contribution in [2.24, 2.45) is 5.92 Å². The third-order valence-corrected chi connectivity index (χ3v) is 6.60. The molecule has 0 unspecified atom stereocenters. The van der Waals surface area contributed by atoms with Crippen LogP contribution in [0.15, 0.2) is 24.3 Å². The largest absolute Gasteiger partial charge is 0.456 e. The number of sulfone groups is 1. The molecule has 1 aromatic rings. The van der Waals surface area contributed by atoms with E-state index in [4.69, 9.17) is 4.74 Å². The lowest BCUT2D eigenvalue weighted by Crippen LogP contribution is -2.41. The number of amides is 2. The van der Waals surface area contributed by atoms with Crippen LogP contribution in [0, 0.1) is 5.92 Å². The quantitative estimate of drug-likeness (QED) is 0.767. The fourth-order valence-electron chi connectivity index (χ4n) is 3.51. The summed E-state index contributed by atoms with van der Waals surface area (Å²) in [5.41, 5.74) is 1.08. The van der Waals surface area contributed by atoms with Crippen LogP contribution in [-0.2, 0) is 29.0 Å². The van der Waals surface area contributed by atoms with Crippen molar-refractivity contribution in [1.29, 1.82) is 0 Å². The van der Waals surface area contributed by atoms with Gasteiger partial charge in [0.1, 0.15) is 0 Å². The SMILES string of the molecule is C[C@@H]1CC(=O)Nc2ccccc2N1C(=O)COC(=O)C[C@@H]1CCS(=O)(=O)C1. The monoisotopic (exact) mass is 394 g/mol. The van der Waals surface area contributed by atoms with Crippen LogP contribution in [0.1, 0.15) is 26.2 Å². The van der Waals surface area contributed by atoms with Crippen molar-refractivity contribution in [2.45, 2.75) is 32.2 Å². The van der Waals surface area contributed by atoms with Crippen LogP contribution >= 0.6 is 0 Å². The minimum absolute atomic E-state index is 0.0135. The van der Waals surface area contributed by atoms with Crippen LogP contribution in [0.5, 0.6) is 0 Å². The van der Waals surface area contributed by atoms with Crippen LogP contribution in [0.3, 0.4) is 0 Å². The van der Waals surface area contributed by atoms with Crippen LogP contribution < -0.4 is 10.2 Å². The molecule has 2 aliphatic rings. The van der Waals surface area contributed by atoms with Crippen LogP contribution in [0.4, 0.5) is 11.4 Å². The fourth-order valence-corrected chi connectivity index (χ4v) is 5.37. The molecule has 0 saturated carbocycles. The average molecular weight is 394 g/mol. The van der Waals surface area contributed by atoms with Gasteiger partial charge < -0.3 is 15.0 Å². The van der Waals surface area contributed by atoms with E-state index in [0.29, 0.717) is 17.8 Å². The van der Waals surface area contributed by atoms with Gasteiger partial charge in [0.25, 0.3) is 5.91 Å². The summed E-state index contributed by atoms with van der Waals surface area (Å²) in [5.74, 6) is -1.39. The standard InChI is InChI=1S/C18H22N2O6S/c1-12-8-16(21)19-14-4-2-3-5-15(14)20(12)17(22)10-26-18(23)9-13-6-7-27(24,25)11-13/h2-5,12-13H,6-11H2,1H3,(H,19,21)/t12-,13+/m1/s1. The minimum atomic E-state index is -3.06. The lowest BCUT2D eigenvalue weighted by molar-refractivity contribution is -0.148. The predicted molar refractivity (Wildman–Crippen MR) is 99.0 cm³/mol. The van der Waals surface area contributed by atoms with E-state index in [2.05, 4.69) is 5.32 Å². The molecule has 2 aliphatic heterocycles. The highest BCUT2D eigenvalue weighted by Crippen LogP contribution is 2.31. The van der Waals surface area contributed by atoms with Gasteiger partial charge in [-0.15, -0.1) is 0 Å². The lowest BCUT2D eigenvalue weighted by atomic mass is 10.1. The Hall–Kier alpha value is -2.42. The average Bonchev–Trinajstić information content (AvgIpc) is 2.86. The molecule has 8 nitrogen and oxygen atoms in total. The molecule has 0 aromatic heterocycles. The third-order valence-electron chi connectivity index (χ3n) is 4.77. The molecule has 1 N–H and O–H groups in total. The lowest BCUT2D eigenvalue weighted by Gasteiger charge is -2.27. The summed E-state index contributed by atoms with van der Waals surface area (Å²) in [5, 5.41) is 2.76. The summed E-state index contributed by atoms with van der Waals surface area (Å²) in [6, 6.07) is 6.56. The van der Waals surface area contributed by atoms with E-state index in [1.165, 1.54) is 4.90 Å². The van der Waals surface area contributed by atoms with E-state index < -0.39 is 28.3 Å². The third kappa shape index (κ3) is 4.65. The van der Waals surface area contributed by atoms with Crippen molar-refractivity contribution in [3.05, 3.63) is 24.3 Å². The Bertz CT molecular complexity index is 866. The van der Waals surface area contributed by atoms with Crippen molar-refractivity contribution in [2.75, 3.05) is 28.3 Å². The van der Waals surface area contributed by atoms with Gasteiger partial charge in [0.2, 0.25) is 5.91 Å². The van der Waals surface area contributed by atoms with E-state index in [0.717, 1.165) is 0 Å². The molecular weight excluding hydrogens is 372 g/mol. The number of fused-ring (bicyclic) bond motifs is 1. The zero-order valence-corrected chi connectivity index (χ0v) is 15.8. The van der Waals surface area contributed by atoms with Gasteiger partial charge in [-0.1, -0.05) is 12.1 Å². The number of nitrogens with zero attached hydrogens (tertiary/aromatic N) is 1. The second-order valence-electron chi connectivity index (χ2n) is 7.02. The van der Waals surface area contributed by atoms with Crippen molar-refractivity contribution < 1.29 is 27.5 Å². The molecule has 1 aromatic carbocycles. The Balaban J connectivity index is 1.63. The summed E-state index contributed by atoms with van der Waals surface area (Å²) in [7, 11) is -3.06. The molecule has 3 rings (SSSR count). The number of anilines is 2. The van der Waals surface area contributed by atoms with Crippen molar-refractivity contribution >= 4 is 39.0 Å². The highest BCUT2D eigenvalue weighted by Gasteiger charge is 2.32. The second kappa shape index (κ2) is 7.67. The number of esters is 1. The van der Waals surface area contributed by atoms with Crippen LogP contribution in [0.25, 0.3) is 0 Å². The number of carbonyl (C=O) groups excluding carboxylic acids is 3. The van der Waals surface area contributed by atoms with Gasteiger partial charge in [-0.2, -0.15) is 0 Å². The molecule has 0 aliphatic carbocycles. The van der Waals surface area contributed by atoms with E-state index in [9.17, 15) is 22.8 Å². The highest BCUT2D eigenvalue weighted by molar-refractivity contribution is 7.91. The molecule has 146 valence electrons. The number of hydrogen-bond acceptors (Lipinski definition) is 6. The van der Waals surface area contributed by atoms with Gasteiger partial charge in [-0.05, 0) is 31.4 Å². The summed E-state index contributed by atoms with van der Waals surface area (Å²) in [6.07, 6.45) is 0.558. The first-order valence-corrected chi connectivity index (χ1v) is 10.6. The first-order valence-electron chi connectivity index (χ1n) is 8.82. The van der Waals surface area contributed by atoms with E-state index in [-0.39, 0.29) is 42.2 Å². The molecular formula is C18H22N2O6S. The van der Waals surface area contributed by atoms with Crippen molar-refractivity contribution in [3.8, 4) is 0 Å². The highest BCUT2D eigenvalue weighted by atomic mass is 32.2. The number of hydrogen-bond donors (Lipinski definition) is 1. The number of carbonyl (C=O) groups is 3. The molecule has 2 amide bonds.